The molecular formula is C30H32FN3O4. The Morgan fingerprint density at radius 3 is 2.53 bits per heavy atom. The highest BCUT2D eigenvalue weighted by Crippen LogP contribution is 2.39. The Bertz CT molecular complexity index is 1400. The van der Waals surface area contributed by atoms with Crippen molar-refractivity contribution in [3.05, 3.63) is 77.4 Å². The van der Waals surface area contributed by atoms with Gasteiger partial charge >= 0.3 is 0 Å². The van der Waals surface area contributed by atoms with Crippen molar-refractivity contribution in [3.63, 3.8) is 0 Å². The van der Waals surface area contributed by atoms with Gasteiger partial charge in [-0.1, -0.05) is 61.5 Å². The Labute approximate surface area is 221 Å². The number of aliphatic imine (C=N–C) groups is 1. The van der Waals surface area contributed by atoms with E-state index in [1.165, 1.54) is 6.07 Å². The summed E-state index contributed by atoms with van der Waals surface area (Å²) in [6, 6.07) is 15.2. The fraction of sp³-hybridized carbons (Fsp3) is 0.400. The molecule has 0 bridgehead atoms. The minimum absolute atomic E-state index is 0.0568. The lowest BCUT2D eigenvalue weighted by Crippen LogP contribution is -2.44. The molecule has 2 aliphatic heterocycles. The van der Waals surface area contributed by atoms with Crippen LogP contribution >= 0.6 is 0 Å². The molecule has 1 saturated heterocycles. The van der Waals surface area contributed by atoms with Gasteiger partial charge in [0.2, 0.25) is 5.91 Å². The van der Waals surface area contributed by atoms with Crippen molar-refractivity contribution in [1.82, 2.24) is 10.1 Å². The molecule has 38 heavy (non-hydrogen) atoms. The molecule has 3 heterocycles. The van der Waals surface area contributed by atoms with Crippen LogP contribution in [0.1, 0.15) is 56.5 Å². The lowest BCUT2D eigenvalue weighted by molar-refractivity contribution is -0.134. The molecule has 2 aliphatic rings. The second-order valence-corrected chi connectivity index (χ2v) is 11.0. The summed E-state index contributed by atoms with van der Waals surface area (Å²) >= 11 is 0. The predicted octanol–water partition coefficient (Wildman–Crippen LogP) is 4.82. The number of benzene rings is 2. The molecule has 4 atom stereocenters. The molecule has 198 valence electrons. The smallest absolute Gasteiger partial charge is 0.256 e. The minimum atomic E-state index is -0.912. The Morgan fingerprint density at radius 2 is 1.89 bits per heavy atom. The third-order valence-electron chi connectivity index (χ3n) is 7.79. The van der Waals surface area contributed by atoms with Gasteiger partial charge in [-0.2, -0.15) is 0 Å². The summed E-state index contributed by atoms with van der Waals surface area (Å²) in [5.74, 6) is -0.884. The SMILES string of the molecule is Cc1cc([C@@H](C(=O)N2C[C@H](O)C[C@H]2C2=NC(=O)[C@](C)(c3ccc(-c4ccccc4F)cc3)C2)C(C)C)on1. The minimum Gasteiger partial charge on any atom is -0.391 e. The summed E-state index contributed by atoms with van der Waals surface area (Å²) < 4.78 is 19.7. The van der Waals surface area contributed by atoms with Crippen LogP contribution in [0.3, 0.4) is 0 Å². The first-order valence-corrected chi connectivity index (χ1v) is 13.0. The van der Waals surface area contributed by atoms with Crippen LogP contribution in [0.25, 0.3) is 11.1 Å². The van der Waals surface area contributed by atoms with Gasteiger partial charge in [-0.15, -0.1) is 0 Å². The van der Waals surface area contributed by atoms with E-state index in [9.17, 15) is 19.1 Å². The summed E-state index contributed by atoms with van der Waals surface area (Å²) in [7, 11) is 0. The number of amides is 2. The first kappa shape index (κ1) is 26.0. The summed E-state index contributed by atoms with van der Waals surface area (Å²) in [6.07, 6.45) is -0.0573. The maximum atomic E-state index is 14.3. The molecule has 1 aromatic heterocycles. The number of nitrogens with zero attached hydrogens (tertiary/aromatic N) is 3. The molecule has 1 N–H and O–H groups in total. The molecule has 0 spiro atoms. The Kier molecular flexibility index (Phi) is 6.77. The molecule has 3 aromatic rings. The van der Waals surface area contributed by atoms with Gasteiger partial charge in [0.1, 0.15) is 17.5 Å². The van der Waals surface area contributed by atoms with E-state index in [0.717, 1.165) is 11.1 Å². The molecule has 8 heteroatoms. The van der Waals surface area contributed by atoms with E-state index in [2.05, 4.69) is 10.1 Å². The number of rotatable bonds is 6. The molecule has 0 radical (unpaired) electrons. The third kappa shape index (κ3) is 4.58. The third-order valence-corrected chi connectivity index (χ3v) is 7.79. The van der Waals surface area contributed by atoms with Crippen LogP contribution in [0.4, 0.5) is 4.39 Å². The topological polar surface area (TPSA) is 96.0 Å². The number of halogens is 1. The van der Waals surface area contributed by atoms with E-state index in [4.69, 9.17) is 4.52 Å². The molecule has 2 amide bonds. The number of likely N-dealkylation sites (tertiary alicyclic amines) is 1. The number of β-amino-alcohol motifs (C(OH)–C–C–N with tert-alkyl or cyclic N) is 1. The predicted molar refractivity (Wildman–Crippen MR) is 141 cm³/mol. The number of carbonyl (C=O) groups is 2. The highest BCUT2D eigenvalue weighted by Gasteiger charge is 2.48. The lowest BCUT2D eigenvalue weighted by atomic mass is 9.78. The van der Waals surface area contributed by atoms with Crippen molar-refractivity contribution in [2.75, 3.05) is 6.54 Å². The summed E-state index contributed by atoms with van der Waals surface area (Å²) in [5, 5.41) is 14.5. The van der Waals surface area contributed by atoms with Crippen LogP contribution < -0.4 is 0 Å². The number of aliphatic hydroxyl groups is 1. The standard InChI is InChI=1S/C30H32FN3O4/c1-17(2)27(26-13-18(3)33-38-26)28(36)34-16-21(35)14-25(34)24-15-30(4,29(37)32-24)20-11-9-19(10-12-20)22-7-5-6-8-23(22)31/h5-13,17,21,25,27,35H,14-16H2,1-4H3/t21-,25+,27+,30+/m1/s1. The summed E-state index contributed by atoms with van der Waals surface area (Å²) in [4.78, 5) is 33.1. The highest BCUT2D eigenvalue weighted by atomic mass is 19.1. The fourth-order valence-corrected chi connectivity index (χ4v) is 5.68. The second-order valence-electron chi connectivity index (χ2n) is 11.0. The van der Waals surface area contributed by atoms with Gasteiger partial charge in [0.25, 0.3) is 5.91 Å². The Hall–Kier alpha value is -3.65. The maximum Gasteiger partial charge on any atom is 0.256 e. The van der Waals surface area contributed by atoms with Gasteiger partial charge in [-0.05, 0) is 37.0 Å². The van der Waals surface area contributed by atoms with Crippen LogP contribution in [-0.4, -0.2) is 51.4 Å². The molecule has 5 rings (SSSR count). The van der Waals surface area contributed by atoms with Crippen molar-refractivity contribution in [3.8, 4) is 11.1 Å². The number of hydrogen-bond acceptors (Lipinski definition) is 5. The Balaban J connectivity index is 1.39. The van der Waals surface area contributed by atoms with Crippen LogP contribution in [0.15, 0.2) is 64.1 Å². The Morgan fingerprint density at radius 1 is 1.18 bits per heavy atom. The van der Waals surface area contributed by atoms with Crippen LogP contribution in [-0.2, 0) is 15.0 Å². The quantitative estimate of drug-likeness (QED) is 0.506. The first-order valence-electron chi connectivity index (χ1n) is 13.0. The van der Waals surface area contributed by atoms with Gasteiger partial charge in [0.15, 0.2) is 0 Å². The lowest BCUT2D eigenvalue weighted by Gasteiger charge is -2.30. The first-order chi connectivity index (χ1) is 18.1. The van der Waals surface area contributed by atoms with Crippen molar-refractivity contribution in [2.24, 2.45) is 10.9 Å². The van der Waals surface area contributed by atoms with E-state index < -0.39 is 23.5 Å². The number of aryl methyl sites for hydroxylation is 1. The number of aliphatic hydroxyl groups excluding tert-OH is 1. The largest absolute Gasteiger partial charge is 0.391 e. The zero-order valence-corrected chi connectivity index (χ0v) is 22.0. The number of aromatic nitrogens is 1. The monoisotopic (exact) mass is 517 g/mol. The van der Waals surface area contributed by atoms with Gasteiger partial charge in [0, 0.05) is 36.7 Å². The molecule has 7 nitrogen and oxygen atoms in total. The molecule has 0 unspecified atom stereocenters. The van der Waals surface area contributed by atoms with Crippen LogP contribution in [0.5, 0.6) is 0 Å². The average Bonchev–Trinajstić information content (AvgIpc) is 3.57. The summed E-state index contributed by atoms with van der Waals surface area (Å²) in [6.45, 7) is 7.71. The average molecular weight is 518 g/mol. The van der Waals surface area contributed by atoms with Crippen LogP contribution in [0, 0.1) is 18.7 Å². The normalized spacial score (nSPS) is 24.2. The zero-order valence-electron chi connectivity index (χ0n) is 22.0. The van der Waals surface area contributed by atoms with E-state index in [1.54, 1.807) is 36.1 Å². The molecule has 0 saturated carbocycles. The molecule has 0 aliphatic carbocycles. The maximum absolute atomic E-state index is 14.3. The van der Waals surface area contributed by atoms with Gasteiger partial charge in [0.05, 0.1) is 23.3 Å². The van der Waals surface area contributed by atoms with Gasteiger partial charge in [-0.25, -0.2) is 9.38 Å². The molecule has 1 fully saturated rings. The second kappa shape index (κ2) is 9.91. The molecule has 2 aromatic carbocycles. The van der Waals surface area contributed by atoms with Gasteiger partial charge in [-0.3, -0.25) is 9.59 Å². The van der Waals surface area contributed by atoms with E-state index in [1.807, 2.05) is 45.0 Å². The fourth-order valence-electron chi connectivity index (χ4n) is 5.68. The van der Waals surface area contributed by atoms with Crippen molar-refractivity contribution in [2.45, 2.75) is 64.0 Å². The van der Waals surface area contributed by atoms with Crippen molar-refractivity contribution < 1.29 is 23.6 Å². The van der Waals surface area contributed by atoms with Crippen molar-refractivity contribution in [1.29, 1.82) is 0 Å². The van der Waals surface area contributed by atoms with Crippen molar-refractivity contribution >= 4 is 17.5 Å². The number of carbonyl (C=O) groups excluding carboxylic acids is 2. The van der Waals surface area contributed by atoms with Crippen LogP contribution in [0.2, 0.25) is 0 Å². The highest BCUT2D eigenvalue weighted by molar-refractivity contribution is 6.11. The zero-order chi connectivity index (χ0) is 27.2. The van der Waals surface area contributed by atoms with Gasteiger partial charge < -0.3 is 14.5 Å². The van der Waals surface area contributed by atoms with E-state index in [0.29, 0.717) is 35.6 Å². The van der Waals surface area contributed by atoms with E-state index in [-0.39, 0.29) is 30.1 Å². The van der Waals surface area contributed by atoms with E-state index >= 15 is 0 Å². The molecular weight excluding hydrogens is 485 g/mol. The number of hydrogen-bond donors (Lipinski definition) is 1. The summed E-state index contributed by atoms with van der Waals surface area (Å²) in [5.41, 5.74) is 2.37.